The lowest BCUT2D eigenvalue weighted by atomic mass is 9.80. The third kappa shape index (κ3) is 6.31. The molecule has 3 heterocycles. The summed E-state index contributed by atoms with van der Waals surface area (Å²) in [5, 5.41) is 34.1. The van der Waals surface area contributed by atoms with E-state index in [0.717, 1.165) is 38.2 Å². The van der Waals surface area contributed by atoms with Crippen LogP contribution in [0.3, 0.4) is 0 Å². The summed E-state index contributed by atoms with van der Waals surface area (Å²) in [6.45, 7) is 6.05. The zero-order valence-electron chi connectivity index (χ0n) is 23.9. The molecule has 0 bridgehead atoms. The normalized spacial score (nSPS) is 16.8. The van der Waals surface area contributed by atoms with E-state index in [2.05, 4.69) is 37.9 Å². The number of hydrogen-bond acceptors (Lipinski definition) is 9. The predicted molar refractivity (Wildman–Crippen MR) is 156 cm³/mol. The van der Waals surface area contributed by atoms with Crippen molar-refractivity contribution in [3.63, 3.8) is 0 Å². The molecule has 0 spiro atoms. The molecule has 3 aromatic rings. The number of methoxy groups -OCH3 is 1. The standard InChI is InChI=1S/C31H35N5O6/c1-18-26(29(37)38)28(27(30(39)40)19(2)32-18)22-7-4-8-23(16-22)33-31-35-34-25(42-31)12-15-36-13-10-20(11-14-36)21-6-5-9-24(17-21)41-3/h4-9,16-17,20,28,32H,10-15H2,1-3H3,(H,33,35)(H,37,38)(H,39,40). The predicted octanol–water partition coefficient (Wildman–Crippen LogP) is 4.65. The topological polar surface area (TPSA) is 150 Å². The van der Waals surface area contributed by atoms with Crippen LogP contribution in [0.15, 0.2) is 75.5 Å². The van der Waals surface area contributed by atoms with Gasteiger partial charge in [-0.3, -0.25) is 0 Å². The minimum Gasteiger partial charge on any atom is -0.497 e. The second-order valence-corrected chi connectivity index (χ2v) is 10.6. The first kappa shape index (κ1) is 28.9. The van der Waals surface area contributed by atoms with Crippen LogP contribution < -0.4 is 15.4 Å². The maximum Gasteiger partial charge on any atom is 0.334 e. The Bertz CT molecular complexity index is 1500. The van der Waals surface area contributed by atoms with Crippen LogP contribution in [0, 0.1) is 0 Å². The highest BCUT2D eigenvalue weighted by molar-refractivity contribution is 5.98. The highest BCUT2D eigenvalue weighted by Crippen LogP contribution is 2.39. The SMILES string of the molecule is COc1cccc(C2CCN(CCc3nnc(Nc4cccc(C5C(C(=O)O)=C(C)NC(C)=C5C(=O)O)c4)o3)CC2)c1. The van der Waals surface area contributed by atoms with E-state index in [9.17, 15) is 19.8 Å². The number of ether oxygens (including phenoxy) is 1. The Morgan fingerprint density at radius 1 is 1.00 bits per heavy atom. The Kier molecular flexibility index (Phi) is 8.58. The van der Waals surface area contributed by atoms with E-state index in [0.29, 0.717) is 40.9 Å². The Morgan fingerprint density at radius 2 is 1.67 bits per heavy atom. The molecule has 2 aliphatic rings. The number of hydrogen-bond donors (Lipinski definition) is 4. The summed E-state index contributed by atoms with van der Waals surface area (Å²) < 4.78 is 11.2. The lowest BCUT2D eigenvalue weighted by molar-refractivity contribution is -0.133. The van der Waals surface area contributed by atoms with Gasteiger partial charge in [-0.05, 0) is 81.1 Å². The van der Waals surface area contributed by atoms with Crippen LogP contribution in [0.4, 0.5) is 11.7 Å². The van der Waals surface area contributed by atoms with Gasteiger partial charge in [0.2, 0.25) is 5.89 Å². The fourth-order valence-electron chi connectivity index (χ4n) is 5.86. The molecule has 0 aliphatic carbocycles. The van der Waals surface area contributed by atoms with Gasteiger partial charge < -0.3 is 34.9 Å². The Morgan fingerprint density at radius 3 is 2.33 bits per heavy atom. The minimum absolute atomic E-state index is 0.0113. The number of aliphatic carboxylic acids is 2. The maximum atomic E-state index is 12.1. The van der Waals surface area contributed by atoms with Gasteiger partial charge in [0.1, 0.15) is 5.75 Å². The summed E-state index contributed by atoms with van der Waals surface area (Å²) in [7, 11) is 1.69. The number of anilines is 2. The van der Waals surface area contributed by atoms with Crippen molar-refractivity contribution < 1.29 is 29.0 Å². The van der Waals surface area contributed by atoms with Crippen molar-refractivity contribution >= 4 is 23.6 Å². The smallest absolute Gasteiger partial charge is 0.334 e. The number of benzene rings is 2. The zero-order valence-corrected chi connectivity index (χ0v) is 23.9. The number of piperidine rings is 1. The van der Waals surface area contributed by atoms with Crippen LogP contribution in [-0.4, -0.2) is 64.0 Å². The van der Waals surface area contributed by atoms with E-state index in [1.807, 2.05) is 12.1 Å². The van der Waals surface area contributed by atoms with Crippen LogP contribution in [0.5, 0.6) is 5.75 Å². The molecule has 1 fully saturated rings. The molecule has 11 nitrogen and oxygen atoms in total. The van der Waals surface area contributed by atoms with Crippen molar-refractivity contribution in [2.45, 2.75) is 44.9 Å². The molecular formula is C31H35N5O6. The quantitative estimate of drug-likeness (QED) is 0.268. The van der Waals surface area contributed by atoms with E-state index >= 15 is 0 Å². The Labute approximate surface area is 243 Å². The summed E-state index contributed by atoms with van der Waals surface area (Å²) in [6, 6.07) is 15.4. The molecule has 220 valence electrons. The molecule has 1 aromatic heterocycles. The molecule has 2 aromatic carbocycles. The number of aromatic nitrogens is 2. The van der Waals surface area contributed by atoms with Gasteiger partial charge in [-0.2, -0.15) is 0 Å². The number of allylic oxidation sites excluding steroid dienone is 2. The highest BCUT2D eigenvalue weighted by Gasteiger charge is 2.36. The van der Waals surface area contributed by atoms with Gasteiger partial charge in [0.15, 0.2) is 0 Å². The van der Waals surface area contributed by atoms with E-state index in [4.69, 9.17) is 9.15 Å². The zero-order chi connectivity index (χ0) is 29.8. The van der Waals surface area contributed by atoms with Gasteiger partial charge in [-0.25, -0.2) is 9.59 Å². The molecule has 42 heavy (non-hydrogen) atoms. The Hall–Kier alpha value is -4.64. The molecule has 0 radical (unpaired) electrons. The second kappa shape index (κ2) is 12.5. The first-order valence-electron chi connectivity index (χ1n) is 13.9. The van der Waals surface area contributed by atoms with Crippen LogP contribution in [-0.2, 0) is 16.0 Å². The van der Waals surface area contributed by atoms with Crippen LogP contribution in [0.2, 0.25) is 0 Å². The van der Waals surface area contributed by atoms with Crippen molar-refractivity contribution in [1.29, 1.82) is 0 Å². The molecule has 0 amide bonds. The number of carbonyl (C=O) groups is 2. The molecule has 1 saturated heterocycles. The van der Waals surface area contributed by atoms with E-state index < -0.39 is 17.9 Å². The Balaban J connectivity index is 1.21. The first-order valence-corrected chi connectivity index (χ1v) is 13.9. The monoisotopic (exact) mass is 573 g/mol. The van der Waals surface area contributed by atoms with E-state index in [-0.39, 0.29) is 17.2 Å². The summed E-state index contributed by atoms with van der Waals surface area (Å²) in [4.78, 5) is 26.6. The number of carboxylic acid groups (broad SMARTS) is 2. The summed E-state index contributed by atoms with van der Waals surface area (Å²) in [6.07, 6.45) is 2.77. The van der Waals surface area contributed by atoms with Gasteiger partial charge >= 0.3 is 18.0 Å². The number of nitrogens with one attached hydrogen (secondary N) is 2. The molecular weight excluding hydrogens is 538 g/mol. The average Bonchev–Trinajstić information content (AvgIpc) is 3.42. The van der Waals surface area contributed by atoms with Crippen LogP contribution >= 0.6 is 0 Å². The van der Waals surface area contributed by atoms with Gasteiger partial charge in [0.05, 0.1) is 24.2 Å². The largest absolute Gasteiger partial charge is 0.497 e. The number of dihydropyridines is 1. The lowest BCUT2D eigenvalue weighted by Crippen LogP contribution is -2.34. The first-order chi connectivity index (χ1) is 20.2. The van der Waals surface area contributed by atoms with Gasteiger partial charge in [-0.15, -0.1) is 5.10 Å². The van der Waals surface area contributed by atoms with Crippen LogP contribution in [0.25, 0.3) is 0 Å². The van der Waals surface area contributed by atoms with Gasteiger partial charge in [0, 0.05) is 30.0 Å². The van der Waals surface area contributed by atoms with Gasteiger partial charge in [0.25, 0.3) is 0 Å². The van der Waals surface area contributed by atoms with E-state index in [1.165, 1.54) is 5.56 Å². The molecule has 0 unspecified atom stereocenters. The molecule has 5 rings (SSSR count). The van der Waals surface area contributed by atoms with Crippen molar-refractivity contribution in [2.24, 2.45) is 0 Å². The summed E-state index contributed by atoms with van der Waals surface area (Å²) in [5.74, 6) is -1.38. The van der Waals surface area contributed by atoms with Crippen molar-refractivity contribution in [2.75, 3.05) is 32.1 Å². The third-order valence-corrected chi connectivity index (χ3v) is 7.95. The van der Waals surface area contributed by atoms with Gasteiger partial charge in [-0.1, -0.05) is 29.4 Å². The number of likely N-dealkylation sites (tertiary alicyclic amines) is 1. The lowest BCUT2D eigenvalue weighted by Gasteiger charge is -2.32. The number of carboxylic acids is 2. The molecule has 11 heteroatoms. The minimum atomic E-state index is -1.18. The van der Waals surface area contributed by atoms with E-state index in [1.54, 1.807) is 45.2 Å². The second-order valence-electron chi connectivity index (χ2n) is 10.6. The fourth-order valence-corrected chi connectivity index (χ4v) is 5.86. The molecule has 0 atom stereocenters. The molecule has 2 aliphatic heterocycles. The maximum absolute atomic E-state index is 12.1. The highest BCUT2D eigenvalue weighted by atomic mass is 16.5. The van der Waals surface area contributed by atoms with Crippen molar-refractivity contribution in [3.05, 3.63) is 88.1 Å². The van der Waals surface area contributed by atoms with Crippen LogP contribution in [0.1, 0.15) is 55.5 Å². The number of nitrogens with zero attached hydrogens (tertiary/aromatic N) is 3. The molecule has 0 saturated carbocycles. The van der Waals surface area contributed by atoms with Crippen molar-refractivity contribution in [3.8, 4) is 5.75 Å². The number of rotatable bonds is 10. The fraction of sp³-hybridized carbons (Fsp3) is 0.355. The molecule has 4 N–H and O–H groups in total. The average molecular weight is 574 g/mol. The third-order valence-electron chi connectivity index (χ3n) is 7.95. The van der Waals surface area contributed by atoms with Crippen molar-refractivity contribution in [1.82, 2.24) is 20.4 Å². The summed E-state index contributed by atoms with van der Waals surface area (Å²) in [5.41, 5.74) is 3.20. The summed E-state index contributed by atoms with van der Waals surface area (Å²) >= 11 is 0.